The number of benzene rings is 1. The lowest BCUT2D eigenvalue weighted by Crippen LogP contribution is -2.37. The van der Waals surface area contributed by atoms with E-state index in [-0.39, 0.29) is 24.8 Å². The Morgan fingerprint density at radius 3 is 2.38 bits per heavy atom. The van der Waals surface area contributed by atoms with Crippen molar-refractivity contribution in [3.05, 3.63) is 33.3 Å². The van der Waals surface area contributed by atoms with E-state index < -0.39 is 12.1 Å². The predicted molar refractivity (Wildman–Crippen MR) is 82.3 cm³/mol. The van der Waals surface area contributed by atoms with Crippen LogP contribution in [0.3, 0.4) is 0 Å². The summed E-state index contributed by atoms with van der Waals surface area (Å²) in [5, 5.41) is 0.642. The Kier molecular flexibility index (Phi) is 5.60. The van der Waals surface area contributed by atoms with Gasteiger partial charge >= 0.3 is 6.18 Å². The second kappa shape index (κ2) is 6.88. The molecular formula is C15H18BrClF3N. The molecule has 2 N–H and O–H groups in total. The first-order valence-electron chi connectivity index (χ1n) is 7.03. The number of alkyl halides is 3. The van der Waals surface area contributed by atoms with Gasteiger partial charge in [-0.2, -0.15) is 13.2 Å². The van der Waals surface area contributed by atoms with Crippen LogP contribution in [-0.2, 0) is 6.42 Å². The van der Waals surface area contributed by atoms with Crippen LogP contribution < -0.4 is 5.73 Å². The maximum absolute atomic E-state index is 12.7. The van der Waals surface area contributed by atoms with Gasteiger partial charge in [0.2, 0.25) is 0 Å². The molecule has 1 atom stereocenters. The van der Waals surface area contributed by atoms with E-state index in [4.69, 9.17) is 17.3 Å². The molecule has 1 saturated carbocycles. The molecule has 0 heterocycles. The summed E-state index contributed by atoms with van der Waals surface area (Å²) in [6, 6.07) is 5.48. The van der Waals surface area contributed by atoms with Crippen LogP contribution in [0, 0.1) is 11.8 Å². The van der Waals surface area contributed by atoms with Crippen molar-refractivity contribution in [1.29, 1.82) is 0 Å². The highest BCUT2D eigenvalue weighted by Gasteiger charge is 2.42. The van der Waals surface area contributed by atoms with Crippen LogP contribution in [0.4, 0.5) is 13.2 Å². The lowest BCUT2D eigenvalue weighted by Gasteiger charge is -2.33. The van der Waals surface area contributed by atoms with Crippen molar-refractivity contribution in [3.63, 3.8) is 0 Å². The highest BCUT2D eigenvalue weighted by Crippen LogP contribution is 2.40. The summed E-state index contributed by atoms with van der Waals surface area (Å²) in [4.78, 5) is 0. The number of rotatable bonds is 3. The van der Waals surface area contributed by atoms with Gasteiger partial charge in [0.1, 0.15) is 0 Å². The fraction of sp³-hybridized carbons (Fsp3) is 0.600. The Morgan fingerprint density at radius 2 is 1.86 bits per heavy atom. The molecule has 118 valence electrons. The van der Waals surface area contributed by atoms with Crippen LogP contribution in [0.15, 0.2) is 22.7 Å². The Bertz CT molecular complexity index is 484. The molecule has 1 unspecified atom stereocenters. The first kappa shape index (κ1) is 17.1. The van der Waals surface area contributed by atoms with E-state index in [1.54, 1.807) is 0 Å². The van der Waals surface area contributed by atoms with Crippen molar-refractivity contribution >= 4 is 27.5 Å². The standard InChI is InChI=1S/C15H18BrClF3N/c16-12-6-3-10(13(17)8-12)7-14(21)9-1-4-11(5-2-9)15(18,19)20/h3,6,8-9,11,14H,1-2,4-5,7,21H2. The molecule has 0 aliphatic heterocycles. The molecule has 1 aromatic carbocycles. The summed E-state index contributed by atoms with van der Waals surface area (Å²) in [7, 11) is 0. The van der Waals surface area contributed by atoms with Gasteiger partial charge in [0.05, 0.1) is 5.92 Å². The van der Waals surface area contributed by atoms with Gasteiger partial charge in [-0.15, -0.1) is 0 Å². The van der Waals surface area contributed by atoms with Gasteiger partial charge in [0.15, 0.2) is 0 Å². The molecule has 1 fully saturated rings. The van der Waals surface area contributed by atoms with Crippen molar-refractivity contribution in [2.75, 3.05) is 0 Å². The lowest BCUT2D eigenvalue weighted by molar-refractivity contribution is -0.184. The molecule has 1 aromatic rings. The molecular weight excluding hydrogens is 367 g/mol. The third-order valence-corrected chi connectivity index (χ3v) is 5.16. The second-order valence-corrected chi connectivity index (χ2v) is 7.08. The van der Waals surface area contributed by atoms with Gasteiger partial charge in [-0.05, 0) is 55.7 Å². The quantitative estimate of drug-likeness (QED) is 0.748. The molecule has 1 aliphatic rings. The zero-order valence-corrected chi connectivity index (χ0v) is 13.8. The van der Waals surface area contributed by atoms with Crippen LogP contribution in [-0.4, -0.2) is 12.2 Å². The third kappa shape index (κ3) is 4.60. The Labute approximate surface area is 136 Å². The summed E-state index contributed by atoms with van der Waals surface area (Å²) in [5.41, 5.74) is 7.14. The van der Waals surface area contributed by atoms with Gasteiger partial charge in [0.25, 0.3) is 0 Å². The Balaban J connectivity index is 1.92. The molecule has 0 radical (unpaired) electrons. The van der Waals surface area contributed by atoms with Crippen LogP contribution >= 0.6 is 27.5 Å². The highest BCUT2D eigenvalue weighted by atomic mass is 79.9. The number of nitrogens with two attached hydrogens (primary N) is 1. The average Bonchev–Trinajstić information content (AvgIpc) is 2.41. The molecule has 0 spiro atoms. The summed E-state index contributed by atoms with van der Waals surface area (Å²) in [6.07, 6.45) is -2.00. The number of hydrogen-bond acceptors (Lipinski definition) is 1. The average molecular weight is 385 g/mol. The lowest BCUT2D eigenvalue weighted by atomic mass is 9.77. The normalized spacial score (nSPS) is 24.9. The van der Waals surface area contributed by atoms with Crippen LogP contribution in [0.2, 0.25) is 5.02 Å². The fourth-order valence-corrected chi connectivity index (χ4v) is 3.73. The van der Waals surface area contributed by atoms with Crippen molar-refractivity contribution in [3.8, 4) is 0 Å². The minimum Gasteiger partial charge on any atom is -0.327 e. The minimum atomic E-state index is -4.07. The SMILES string of the molecule is NC(Cc1ccc(Br)cc1Cl)C1CCC(C(F)(F)F)CC1. The molecule has 0 saturated heterocycles. The fourth-order valence-electron chi connectivity index (χ4n) is 2.98. The molecule has 0 amide bonds. The second-order valence-electron chi connectivity index (χ2n) is 5.76. The topological polar surface area (TPSA) is 26.0 Å². The Hall–Kier alpha value is -0.260. The molecule has 2 rings (SSSR count). The van der Waals surface area contributed by atoms with Gasteiger partial charge < -0.3 is 5.73 Å². The first-order chi connectivity index (χ1) is 9.77. The Morgan fingerprint density at radius 1 is 1.24 bits per heavy atom. The summed E-state index contributed by atoms with van der Waals surface area (Å²) < 4.78 is 38.9. The molecule has 1 nitrogen and oxygen atoms in total. The van der Waals surface area contributed by atoms with Crippen molar-refractivity contribution in [2.45, 2.75) is 44.3 Å². The van der Waals surface area contributed by atoms with E-state index in [1.807, 2.05) is 18.2 Å². The maximum Gasteiger partial charge on any atom is 0.391 e. The summed E-state index contributed by atoms with van der Waals surface area (Å²) >= 11 is 9.50. The zero-order chi connectivity index (χ0) is 15.6. The smallest absolute Gasteiger partial charge is 0.327 e. The maximum atomic E-state index is 12.7. The predicted octanol–water partition coefficient (Wildman–Crippen LogP) is 5.34. The van der Waals surface area contributed by atoms with Crippen LogP contribution in [0.5, 0.6) is 0 Å². The molecule has 0 bridgehead atoms. The van der Waals surface area contributed by atoms with Gasteiger partial charge in [-0.3, -0.25) is 0 Å². The molecule has 0 aromatic heterocycles. The first-order valence-corrected chi connectivity index (χ1v) is 8.20. The van der Waals surface area contributed by atoms with E-state index in [0.717, 1.165) is 10.0 Å². The van der Waals surface area contributed by atoms with Crippen molar-refractivity contribution < 1.29 is 13.2 Å². The van der Waals surface area contributed by atoms with Crippen LogP contribution in [0.25, 0.3) is 0 Å². The van der Waals surface area contributed by atoms with Gasteiger partial charge in [-0.25, -0.2) is 0 Å². The third-order valence-electron chi connectivity index (χ3n) is 4.31. The van der Waals surface area contributed by atoms with E-state index in [0.29, 0.717) is 24.3 Å². The molecule has 21 heavy (non-hydrogen) atoms. The van der Waals surface area contributed by atoms with E-state index in [9.17, 15) is 13.2 Å². The monoisotopic (exact) mass is 383 g/mol. The van der Waals surface area contributed by atoms with Crippen molar-refractivity contribution in [1.82, 2.24) is 0 Å². The van der Waals surface area contributed by atoms with E-state index in [1.165, 1.54) is 0 Å². The molecule has 6 heteroatoms. The van der Waals surface area contributed by atoms with Crippen LogP contribution in [0.1, 0.15) is 31.2 Å². The van der Waals surface area contributed by atoms with Gasteiger partial charge in [-0.1, -0.05) is 33.6 Å². The minimum absolute atomic E-state index is 0.141. The van der Waals surface area contributed by atoms with Gasteiger partial charge in [0, 0.05) is 15.5 Å². The zero-order valence-electron chi connectivity index (χ0n) is 11.5. The van der Waals surface area contributed by atoms with E-state index >= 15 is 0 Å². The number of halogens is 5. The van der Waals surface area contributed by atoms with E-state index in [2.05, 4.69) is 15.9 Å². The van der Waals surface area contributed by atoms with Crippen molar-refractivity contribution in [2.24, 2.45) is 17.6 Å². The highest BCUT2D eigenvalue weighted by molar-refractivity contribution is 9.10. The molecule has 1 aliphatic carbocycles. The summed E-state index contributed by atoms with van der Waals surface area (Å²) in [5.74, 6) is -1.01. The summed E-state index contributed by atoms with van der Waals surface area (Å²) in [6.45, 7) is 0. The largest absolute Gasteiger partial charge is 0.391 e. The number of hydrogen-bond donors (Lipinski definition) is 1.